The molecule has 0 heterocycles. The van der Waals surface area contributed by atoms with Crippen LogP contribution < -0.4 is 5.32 Å². The molecule has 1 aromatic carbocycles. The van der Waals surface area contributed by atoms with Crippen LogP contribution in [-0.4, -0.2) is 17.5 Å². The highest BCUT2D eigenvalue weighted by Crippen LogP contribution is 2.38. The molecule has 4 nitrogen and oxygen atoms in total. The second kappa shape index (κ2) is 6.89. The van der Waals surface area contributed by atoms with Crippen LogP contribution in [0.25, 0.3) is 0 Å². The van der Waals surface area contributed by atoms with Gasteiger partial charge in [-0.05, 0) is 31.4 Å². The van der Waals surface area contributed by atoms with Crippen LogP contribution in [0.2, 0.25) is 0 Å². The molecular formula is C14H19F3N2O2. The van der Waals surface area contributed by atoms with Gasteiger partial charge in [0.25, 0.3) is 5.69 Å². The van der Waals surface area contributed by atoms with Gasteiger partial charge in [-0.25, -0.2) is 0 Å². The molecule has 7 heteroatoms. The zero-order valence-corrected chi connectivity index (χ0v) is 12.2. The van der Waals surface area contributed by atoms with Crippen molar-refractivity contribution in [2.45, 2.75) is 45.3 Å². The Bertz CT molecular complexity index is 503. The number of rotatable bonds is 6. The minimum Gasteiger partial charge on any atom is -0.314 e. The van der Waals surface area contributed by atoms with Crippen molar-refractivity contribution < 1.29 is 18.1 Å². The van der Waals surface area contributed by atoms with Crippen LogP contribution in [0.4, 0.5) is 18.9 Å². The van der Waals surface area contributed by atoms with Crippen molar-refractivity contribution in [3.8, 4) is 0 Å². The monoisotopic (exact) mass is 304 g/mol. The number of halogens is 3. The van der Waals surface area contributed by atoms with E-state index >= 15 is 0 Å². The van der Waals surface area contributed by atoms with Crippen molar-refractivity contribution in [1.82, 2.24) is 5.32 Å². The molecule has 0 radical (unpaired) electrons. The molecule has 0 aliphatic rings. The van der Waals surface area contributed by atoms with Crippen molar-refractivity contribution >= 4 is 5.69 Å². The molecule has 0 aliphatic heterocycles. The largest absolute Gasteiger partial charge is 0.416 e. The molecule has 0 bridgehead atoms. The number of nitrogens with one attached hydrogen (secondary N) is 1. The summed E-state index contributed by atoms with van der Waals surface area (Å²) in [6.45, 7) is 6.17. The van der Waals surface area contributed by atoms with E-state index in [1.165, 1.54) is 6.07 Å². The predicted molar refractivity (Wildman–Crippen MR) is 74.3 cm³/mol. The molecule has 0 spiro atoms. The molecule has 118 valence electrons. The summed E-state index contributed by atoms with van der Waals surface area (Å²) >= 11 is 0. The second-order valence-corrected chi connectivity index (χ2v) is 5.06. The van der Waals surface area contributed by atoms with Gasteiger partial charge in [0.1, 0.15) is 0 Å². The predicted octanol–water partition coefficient (Wildman–Crippen LogP) is 4.11. The highest BCUT2D eigenvalue weighted by atomic mass is 19.4. The summed E-state index contributed by atoms with van der Waals surface area (Å²) in [5, 5.41) is 13.8. The van der Waals surface area contributed by atoms with Crippen LogP contribution in [0.1, 0.15) is 44.2 Å². The number of nitrogens with zero attached hydrogens (tertiary/aromatic N) is 1. The van der Waals surface area contributed by atoms with Crippen molar-refractivity contribution in [1.29, 1.82) is 0 Å². The van der Waals surface area contributed by atoms with Crippen LogP contribution in [-0.2, 0) is 6.18 Å². The van der Waals surface area contributed by atoms with Gasteiger partial charge in [0, 0.05) is 18.2 Å². The Labute approximate surface area is 121 Å². The lowest BCUT2D eigenvalue weighted by molar-refractivity contribution is -0.385. The number of benzene rings is 1. The minimum atomic E-state index is -4.61. The first kappa shape index (κ1) is 17.4. The third-order valence-corrected chi connectivity index (χ3v) is 3.51. The van der Waals surface area contributed by atoms with Crippen molar-refractivity contribution in [3.63, 3.8) is 0 Å². The Hall–Kier alpha value is -1.63. The van der Waals surface area contributed by atoms with Crippen LogP contribution in [0.5, 0.6) is 0 Å². The van der Waals surface area contributed by atoms with E-state index < -0.39 is 28.3 Å². The van der Waals surface area contributed by atoms with Gasteiger partial charge < -0.3 is 5.32 Å². The quantitative estimate of drug-likeness (QED) is 0.635. The molecule has 2 unspecified atom stereocenters. The van der Waals surface area contributed by atoms with E-state index in [0.29, 0.717) is 12.6 Å². The van der Waals surface area contributed by atoms with Gasteiger partial charge in [0.15, 0.2) is 0 Å². The average molecular weight is 304 g/mol. The van der Waals surface area contributed by atoms with Crippen LogP contribution in [0, 0.1) is 10.1 Å². The van der Waals surface area contributed by atoms with E-state index in [0.717, 1.165) is 12.5 Å². The first-order valence-corrected chi connectivity index (χ1v) is 6.77. The molecule has 21 heavy (non-hydrogen) atoms. The fourth-order valence-corrected chi connectivity index (χ4v) is 2.12. The van der Waals surface area contributed by atoms with E-state index in [2.05, 4.69) is 5.32 Å². The molecule has 1 N–H and O–H groups in total. The number of hydrogen-bond donors (Lipinski definition) is 1. The summed E-state index contributed by atoms with van der Waals surface area (Å²) < 4.78 is 39.4. The topological polar surface area (TPSA) is 55.2 Å². The molecular weight excluding hydrogens is 285 g/mol. The van der Waals surface area contributed by atoms with Crippen LogP contribution in [0.15, 0.2) is 18.2 Å². The summed E-state index contributed by atoms with van der Waals surface area (Å²) in [7, 11) is 0. The number of nitro benzene ring substituents is 1. The summed E-state index contributed by atoms with van der Waals surface area (Å²) in [6.07, 6.45) is -3.73. The fourth-order valence-electron chi connectivity index (χ4n) is 2.12. The molecule has 2 atom stereocenters. The summed E-state index contributed by atoms with van der Waals surface area (Å²) in [5.41, 5.74) is -1.41. The van der Waals surface area contributed by atoms with Gasteiger partial charge in [-0.15, -0.1) is 0 Å². The van der Waals surface area contributed by atoms with Crippen molar-refractivity contribution in [2.24, 2.45) is 0 Å². The average Bonchev–Trinajstić information content (AvgIpc) is 2.42. The molecule has 0 saturated heterocycles. The lowest BCUT2D eigenvalue weighted by Gasteiger charge is -2.24. The Kier molecular flexibility index (Phi) is 5.71. The van der Waals surface area contributed by atoms with Gasteiger partial charge in [-0.3, -0.25) is 10.1 Å². The molecule has 1 rings (SSSR count). The maximum absolute atomic E-state index is 13.1. The third-order valence-electron chi connectivity index (χ3n) is 3.51. The number of nitro groups is 1. The van der Waals surface area contributed by atoms with E-state index in [4.69, 9.17) is 0 Å². The first-order valence-electron chi connectivity index (χ1n) is 6.77. The molecule has 0 aromatic heterocycles. The smallest absolute Gasteiger partial charge is 0.314 e. The van der Waals surface area contributed by atoms with E-state index in [1.54, 1.807) is 6.92 Å². The Morgan fingerprint density at radius 2 is 1.95 bits per heavy atom. The highest BCUT2D eigenvalue weighted by Gasteiger charge is 2.36. The molecule has 0 aliphatic carbocycles. The standard InChI is InChI=1S/C14H19F3N2O2/c1-4-7-18-10(3)9(2)12-6-5-11(19(20)21)8-13(12)14(15,16)17/h5-6,8-10,18H,4,7H2,1-3H3. The van der Waals surface area contributed by atoms with Crippen molar-refractivity contribution in [2.75, 3.05) is 6.54 Å². The zero-order valence-electron chi connectivity index (χ0n) is 12.2. The molecule has 0 amide bonds. The van der Waals surface area contributed by atoms with Gasteiger partial charge in [0.2, 0.25) is 0 Å². The maximum Gasteiger partial charge on any atom is 0.416 e. The molecule has 0 fully saturated rings. The third kappa shape index (κ3) is 4.42. The van der Waals surface area contributed by atoms with E-state index in [9.17, 15) is 23.3 Å². The summed E-state index contributed by atoms with van der Waals surface area (Å²) in [6, 6.07) is 2.77. The van der Waals surface area contributed by atoms with Crippen LogP contribution in [0.3, 0.4) is 0 Å². The Balaban J connectivity index is 3.19. The minimum absolute atomic E-state index is 0.0733. The normalized spacial score (nSPS) is 14.8. The maximum atomic E-state index is 13.1. The molecule has 1 aromatic rings. The Morgan fingerprint density at radius 3 is 2.43 bits per heavy atom. The second-order valence-electron chi connectivity index (χ2n) is 5.06. The SMILES string of the molecule is CCCNC(C)C(C)c1ccc([N+](=O)[O-])cc1C(F)(F)F. The zero-order chi connectivity index (χ0) is 16.2. The first-order chi connectivity index (χ1) is 9.68. The highest BCUT2D eigenvalue weighted by molar-refractivity contribution is 5.43. The van der Waals surface area contributed by atoms with E-state index in [1.807, 2.05) is 13.8 Å². The van der Waals surface area contributed by atoms with Gasteiger partial charge >= 0.3 is 6.18 Å². The van der Waals surface area contributed by atoms with Crippen LogP contribution >= 0.6 is 0 Å². The van der Waals surface area contributed by atoms with Gasteiger partial charge in [-0.1, -0.05) is 19.9 Å². The number of non-ortho nitro benzene ring substituents is 1. The van der Waals surface area contributed by atoms with Gasteiger partial charge in [0.05, 0.1) is 10.5 Å². The fraction of sp³-hybridized carbons (Fsp3) is 0.571. The summed E-state index contributed by atoms with van der Waals surface area (Å²) in [4.78, 5) is 9.85. The number of alkyl halides is 3. The lowest BCUT2D eigenvalue weighted by Crippen LogP contribution is -2.32. The number of hydrogen-bond acceptors (Lipinski definition) is 3. The van der Waals surface area contributed by atoms with E-state index in [-0.39, 0.29) is 11.6 Å². The van der Waals surface area contributed by atoms with Gasteiger partial charge in [-0.2, -0.15) is 13.2 Å². The lowest BCUT2D eigenvalue weighted by atomic mass is 9.89. The Morgan fingerprint density at radius 1 is 1.33 bits per heavy atom. The molecule has 0 saturated carbocycles. The summed E-state index contributed by atoms with van der Waals surface area (Å²) in [5.74, 6) is -0.408. The van der Waals surface area contributed by atoms with Crippen molar-refractivity contribution in [3.05, 3.63) is 39.4 Å².